The quantitative estimate of drug-likeness (QED) is 0.129. The zero-order chi connectivity index (χ0) is 40.7. The molecule has 62 heavy (non-hydrogen) atoms. The lowest BCUT2D eigenvalue weighted by atomic mass is 9.85. The Morgan fingerprint density at radius 1 is 0.226 bits per heavy atom. The molecule has 0 bridgehead atoms. The van der Waals surface area contributed by atoms with Gasteiger partial charge in [0.2, 0.25) is 0 Å². The molecule has 0 unspecified atom stereocenters. The SMILES string of the molecule is C1=Cc2ccccc2N(c2ccc(-c3ccc4c5cccc6c(-c7ccc(N8c9ccccc9C=Cc9ccccc98)cc7)ccc(c7cccc3c74)c65)cc2)c2ccccc21. The van der Waals surface area contributed by atoms with Crippen molar-refractivity contribution < 1.29 is 0 Å². The van der Waals surface area contributed by atoms with Gasteiger partial charge in [-0.05, 0) is 136 Å². The summed E-state index contributed by atoms with van der Waals surface area (Å²) in [5.41, 5.74) is 16.7. The van der Waals surface area contributed by atoms with Crippen LogP contribution in [0.15, 0.2) is 206 Å². The fourth-order valence-corrected chi connectivity index (χ4v) is 10.3. The molecule has 11 aromatic carbocycles. The molecule has 0 radical (unpaired) electrons. The van der Waals surface area contributed by atoms with Gasteiger partial charge < -0.3 is 9.80 Å². The third kappa shape index (κ3) is 5.23. The van der Waals surface area contributed by atoms with Gasteiger partial charge in [-0.3, -0.25) is 0 Å². The molecule has 2 heterocycles. The van der Waals surface area contributed by atoms with Crippen LogP contribution in [-0.4, -0.2) is 0 Å². The molecule has 13 rings (SSSR count). The highest BCUT2D eigenvalue weighted by Gasteiger charge is 2.23. The van der Waals surface area contributed by atoms with E-state index >= 15 is 0 Å². The standard InChI is InChI=1S/C60H38N2/c1-5-19-55-41(11-1)23-24-42-12-2-6-20-56(42)61(55)45-31-27-39(28-32-45)47-35-37-53-52-18-10-16-50-48(36-38-54(60(50)52)51-17-9-15-49(47)59(51)53)40-29-33-46(34-30-40)62-57-21-7-3-13-43(57)25-26-44-14-4-8-22-58(44)62/h1-38H. The van der Waals surface area contributed by atoms with Gasteiger partial charge in [-0.1, -0.05) is 182 Å². The van der Waals surface area contributed by atoms with Gasteiger partial charge in [-0.15, -0.1) is 0 Å². The number of para-hydroxylation sites is 4. The second-order valence-electron chi connectivity index (χ2n) is 16.4. The number of anilines is 6. The van der Waals surface area contributed by atoms with Gasteiger partial charge in [0.1, 0.15) is 0 Å². The fourth-order valence-electron chi connectivity index (χ4n) is 10.3. The van der Waals surface area contributed by atoms with Crippen LogP contribution in [-0.2, 0) is 0 Å². The van der Waals surface area contributed by atoms with Crippen LogP contribution >= 0.6 is 0 Å². The summed E-state index contributed by atoms with van der Waals surface area (Å²) in [6, 6.07) is 75.9. The summed E-state index contributed by atoms with van der Waals surface area (Å²) in [5, 5.41) is 10.4. The number of hydrogen-bond donors (Lipinski definition) is 0. The molecule has 0 aliphatic carbocycles. The predicted molar refractivity (Wildman–Crippen MR) is 266 cm³/mol. The zero-order valence-corrected chi connectivity index (χ0v) is 33.8. The number of nitrogens with zero attached hydrogens (tertiary/aromatic N) is 2. The van der Waals surface area contributed by atoms with E-state index in [0.29, 0.717) is 0 Å². The topological polar surface area (TPSA) is 6.48 Å². The van der Waals surface area contributed by atoms with Gasteiger partial charge >= 0.3 is 0 Å². The maximum Gasteiger partial charge on any atom is 0.0534 e. The Morgan fingerprint density at radius 3 is 0.887 bits per heavy atom. The van der Waals surface area contributed by atoms with Crippen molar-refractivity contribution in [2.45, 2.75) is 0 Å². The zero-order valence-electron chi connectivity index (χ0n) is 33.8. The maximum atomic E-state index is 2.39. The van der Waals surface area contributed by atoms with E-state index in [1.807, 2.05) is 0 Å². The second kappa shape index (κ2) is 13.7. The highest BCUT2D eigenvalue weighted by molar-refractivity contribution is 6.35. The number of benzene rings is 11. The lowest BCUT2D eigenvalue weighted by Gasteiger charge is -2.27. The largest absolute Gasteiger partial charge is 0.309 e. The Balaban J connectivity index is 0.906. The van der Waals surface area contributed by atoms with E-state index in [9.17, 15) is 0 Å². The molecule has 2 aliphatic rings. The highest BCUT2D eigenvalue weighted by Crippen LogP contribution is 2.48. The van der Waals surface area contributed by atoms with Crippen LogP contribution < -0.4 is 9.80 Å². The Hall–Kier alpha value is -8.20. The Bertz CT molecular complexity index is 3270. The minimum Gasteiger partial charge on any atom is -0.309 e. The normalized spacial score (nSPS) is 13.0. The van der Waals surface area contributed by atoms with E-state index in [1.165, 1.54) is 110 Å². The average Bonchev–Trinajstić information content (AvgIpc) is 3.61. The van der Waals surface area contributed by atoms with Crippen molar-refractivity contribution >= 4 is 102 Å². The molecule has 2 heteroatoms. The van der Waals surface area contributed by atoms with Gasteiger partial charge in [0.15, 0.2) is 0 Å². The fraction of sp³-hybridized carbons (Fsp3) is 0. The van der Waals surface area contributed by atoms with E-state index in [0.717, 1.165) is 11.4 Å². The first kappa shape index (κ1) is 34.6. The molecule has 288 valence electrons. The number of rotatable bonds is 4. The Labute approximate surface area is 360 Å². The molecule has 0 aromatic heterocycles. The monoisotopic (exact) mass is 786 g/mol. The highest BCUT2D eigenvalue weighted by atomic mass is 15.2. The molecule has 0 saturated heterocycles. The van der Waals surface area contributed by atoms with E-state index in [4.69, 9.17) is 0 Å². The summed E-state index contributed by atoms with van der Waals surface area (Å²) in [4.78, 5) is 4.77. The lowest BCUT2D eigenvalue weighted by Crippen LogP contribution is -2.11. The summed E-state index contributed by atoms with van der Waals surface area (Å²) >= 11 is 0. The van der Waals surface area contributed by atoms with Crippen LogP contribution in [0.25, 0.3) is 89.6 Å². The van der Waals surface area contributed by atoms with E-state index in [1.54, 1.807) is 0 Å². The average molecular weight is 787 g/mol. The van der Waals surface area contributed by atoms with Crippen LogP contribution in [0, 0.1) is 0 Å². The summed E-state index contributed by atoms with van der Waals surface area (Å²) in [6.45, 7) is 0. The van der Waals surface area contributed by atoms with Crippen molar-refractivity contribution in [3.63, 3.8) is 0 Å². The molecule has 2 nitrogen and oxygen atoms in total. The van der Waals surface area contributed by atoms with Crippen molar-refractivity contribution in [1.82, 2.24) is 0 Å². The van der Waals surface area contributed by atoms with Crippen LogP contribution in [0.2, 0.25) is 0 Å². The third-order valence-corrected chi connectivity index (χ3v) is 13.1. The van der Waals surface area contributed by atoms with Crippen molar-refractivity contribution in [1.29, 1.82) is 0 Å². The first-order valence-electron chi connectivity index (χ1n) is 21.4. The van der Waals surface area contributed by atoms with Crippen molar-refractivity contribution in [3.8, 4) is 22.3 Å². The van der Waals surface area contributed by atoms with Crippen LogP contribution in [0.1, 0.15) is 22.3 Å². The summed E-state index contributed by atoms with van der Waals surface area (Å²) in [7, 11) is 0. The molecule has 2 aliphatic heterocycles. The first-order chi connectivity index (χ1) is 30.8. The second-order valence-corrected chi connectivity index (χ2v) is 16.4. The van der Waals surface area contributed by atoms with Gasteiger partial charge in [-0.25, -0.2) is 0 Å². The number of fused-ring (bicyclic) bond motifs is 6. The third-order valence-electron chi connectivity index (χ3n) is 13.1. The van der Waals surface area contributed by atoms with Crippen LogP contribution in [0.3, 0.4) is 0 Å². The smallest absolute Gasteiger partial charge is 0.0534 e. The predicted octanol–water partition coefficient (Wildman–Crippen LogP) is 17.0. The number of hydrogen-bond acceptors (Lipinski definition) is 2. The Morgan fingerprint density at radius 2 is 0.532 bits per heavy atom. The van der Waals surface area contributed by atoms with Crippen molar-refractivity contribution in [3.05, 3.63) is 229 Å². The summed E-state index contributed by atoms with van der Waals surface area (Å²) < 4.78 is 0. The van der Waals surface area contributed by atoms with Crippen molar-refractivity contribution in [2.24, 2.45) is 0 Å². The Kier molecular flexibility index (Phi) is 7.64. The van der Waals surface area contributed by atoms with E-state index in [-0.39, 0.29) is 0 Å². The van der Waals surface area contributed by atoms with Gasteiger partial charge in [0.25, 0.3) is 0 Å². The molecule has 0 fully saturated rings. The van der Waals surface area contributed by atoms with Crippen LogP contribution in [0.4, 0.5) is 34.1 Å². The van der Waals surface area contributed by atoms with E-state index in [2.05, 4.69) is 240 Å². The maximum absolute atomic E-state index is 2.39. The molecular formula is C60H38N2. The molecule has 0 amide bonds. The van der Waals surface area contributed by atoms with Crippen LogP contribution in [0.5, 0.6) is 0 Å². The summed E-state index contributed by atoms with van der Waals surface area (Å²) in [5.74, 6) is 0. The molecule has 0 spiro atoms. The minimum atomic E-state index is 1.14. The van der Waals surface area contributed by atoms with Crippen molar-refractivity contribution in [2.75, 3.05) is 9.80 Å². The molecular weight excluding hydrogens is 749 g/mol. The van der Waals surface area contributed by atoms with Gasteiger partial charge in [-0.2, -0.15) is 0 Å². The molecule has 11 aromatic rings. The first-order valence-corrected chi connectivity index (χ1v) is 21.4. The van der Waals surface area contributed by atoms with E-state index < -0.39 is 0 Å². The van der Waals surface area contributed by atoms with Gasteiger partial charge in [0.05, 0.1) is 22.7 Å². The summed E-state index contributed by atoms with van der Waals surface area (Å²) in [6.07, 6.45) is 8.90. The molecule has 0 N–H and O–H groups in total. The minimum absolute atomic E-state index is 1.14. The molecule has 0 atom stereocenters. The molecule has 0 saturated carbocycles. The van der Waals surface area contributed by atoms with Gasteiger partial charge in [0, 0.05) is 11.4 Å². The lowest BCUT2D eigenvalue weighted by molar-refractivity contribution is 1.28.